The van der Waals surface area contributed by atoms with E-state index < -0.39 is 11.6 Å². The lowest BCUT2D eigenvalue weighted by Gasteiger charge is -2.41. The number of nitrogens with one attached hydrogen (secondary N) is 1. The zero-order valence-electron chi connectivity index (χ0n) is 20.1. The number of hydrogen-bond donors (Lipinski definition) is 2. The highest BCUT2D eigenvalue weighted by Gasteiger charge is 2.43. The van der Waals surface area contributed by atoms with Crippen molar-refractivity contribution in [2.45, 2.75) is 93.5 Å². The summed E-state index contributed by atoms with van der Waals surface area (Å²) < 4.78 is 0. The number of nitrogens with two attached hydrogens (primary N) is 1. The van der Waals surface area contributed by atoms with E-state index in [2.05, 4.69) is 29.6 Å². The second kappa shape index (κ2) is 11.0. The molecular weight excluding hydrogens is 454 g/mol. The van der Waals surface area contributed by atoms with Crippen LogP contribution in [0.1, 0.15) is 77.2 Å². The van der Waals surface area contributed by atoms with Crippen molar-refractivity contribution >= 4 is 36.0 Å². The molecule has 7 heteroatoms. The summed E-state index contributed by atoms with van der Waals surface area (Å²) in [5.41, 5.74) is 6.70. The molecule has 2 heterocycles. The number of rotatable bonds is 6. The molecule has 2 fully saturated rings. The maximum atomic E-state index is 13.5. The minimum Gasteiger partial charge on any atom is -0.343 e. The molecule has 1 aliphatic carbocycles. The number of benzene rings is 1. The number of likely N-dealkylation sites (tertiary alicyclic amines) is 1. The van der Waals surface area contributed by atoms with Gasteiger partial charge in [-0.15, -0.1) is 24.2 Å². The van der Waals surface area contributed by atoms with Gasteiger partial charge >= 0.3 is 0 Å². The highest BCUT2D eigenvalue weighted by molar-refractivity contribution is 7.99. The van der Waals surface area contributed by atoms with Crippen LogP contribution in [0.5, 0.6) is 0 Å². The molecule has 0 radical (unpaired) electrons. The average Bonchev–Trinajstić information content (AvgIpc) is 3.15. The topological polar surface area (TPSA) is 75.4 Å². The molecule has 1 saturated carbocycles. The van der Waals surface area contributed by atoms with Crippen molar-refractivity contribution in [2.24, 2.45) is 11.7 Å². The van der Waals surface area contributed by atoms with E-state index in [-0.39, 0.29) is 29.6 Å². The molecule has 1 aromatic carbocycles. The molecule has 1 saturated heterocycles. The third kappa shape index (κ3) is 6.07. The Hall–Kier alpha value is -1.24. The number of hydrogen-bond acceptors (Lipinski definition) is 4. The van der Waals surface area contributed by atoms with E-state index in [1.54, 1.807) is 13.8 Å². The van der Waals surface area contributed by atoms with Crippen LogP contribution in [-0.2, 0) is 15.0 Å². The number of nitrogens with zero attached hydrogens (tertiary/aromatic N) is 1. The van der Waals surface area contributed by atoms with Crippen molar-refractivity contribution in [3.05, 3.63) is 29.8 Å². The van der Waals surface area contributed by atoms with Crippen molar-refractivity contribution in [1.82, 2.24) is 10.2 Å². The molecule has 1 spiro atoms. The second-order valence-corrected chi connectivity index (χ2v) is 11.7. The van der Waals surface area contributed by atoms with Gasteiger partial charge in [-0.3, -0.25) is 9.59 Å². The van der Waals surface area contributed by atoms with Gasteiger partial charge < -0.3 is 16.0 Å². The highest BCUT2D eigenvalue weighted by Crippen LogP contribution is 2.49. The fraction of sp³-hybridized carbons (Fsp3) is 0.692. The fourth-order valence-corrected chi connectivity index (χ4v) is 7.08. The van der Waals surface area contributed by atoms with Gasteiger partial charge in [0.25, 0.3) is 0 Å². The van der Waals surface area contributed by atoms with Crippen LogP contribution < -0.4 is 11.1 Å². The third-order valence-electron chi connectivity index (χ3n) is 7.77. The normalized spacial score (nSPS) is 21.2. The van der Waals surface area contributed by atoms with Gasteiger partial charge in [-0.1, -0.05) is 50.3 Å². The summed E-state index contributed by atoms with van der Waals surface area (Å²) in [7, 11) is 0. The SMILES string of the molecule is CC(C)(N)C(=O)N[C@H](CCC1CCCCC1)C(=O)N1CCC2(CC1)CSc1ccccc12.Cl. The number of piperidine rings is 1. The maximum absolute atomic E-state index is 13.5. The fourth-order valence-electron chi connectivity index (χ4n) is 5.59. The van der Waals surface area contributed by atoms with Crippen LogP contribution in [0.3, 0.4) is 0 Å². The second-order valence-electron chi connectivity index (χ2n) is 10.7. The van der Waals surface area contributed by atoms with Gasteiger partial charge in [-0.25, -0.2) is 0 Å². The van der Waals surface area contributed by atoms with Gasteiger partial charge in [0.05, 0.1) is 5.54 Å². The zero-order chi connectivity index (χ0) is 22.8. The monoisotopic (exact) mass is 493 g/mol. The van der Waals surface area contributed by atoms with E-state index in [1.807, 2.05) is 16.7 Å². The van der Waals surface area contributed by atoms with E-state index >= 15 is 0 Å². The Morgan fingerprint density at radius 2 is 1.85 bits per heavy atom. The van der Waals surface area contributed by atoms with Crippen molar-refractivity contribution in [1.29, 1.82) is 0 Å². The van der Waals surface area contributed by atoms with Gasteiger partial charge in [-0.2, -0.15) is 0 Å². The molecule has 5 nitrogen and oxygen atoms in total. The average molecular weight is 494 g/mol. The molecule has 0 unspecified atom stereocenters. The summed E-state index contributed by atoms with van der Waals surface area (Å²) in [6.45, 7) is 4.92. The van der Waals surface area contributed by atoms with Gasteiger partial charge in [-0.05, 0) is 57.1 Å². The Bertz CT molecular complexity index is 827. The lowest BCUT2D eigenvalue weighted by molar-refractivity contribution is -0.139. The number of carbonyl (C=O) groups is 2. The quantitative estimate of drug-likeness (QED) is 0.604. The van der Waals surface area contributed by atoms with Crippen LogP contribution in [0.15, 0.2) is 29.2 Å². The predicted octanol–water partition coefficient (Wildman–Crippen LogP) is 4.66. The Labute approximate surface area is 209 Å². The number of thioether (sulfide) groups is 1. The van der Waals surface area contributed by atoms with Gasteiger partial charge in [0.2, 0.25) is 11.8 Å². The number of fused-ring (bicyclic) bond motifs is 2. The van der Waals surface area contributed by atoms with Crippen LogP contribution in [0.4, 0.5) is 0 Å². The Morgan fingerprint density at radius 1 is 1.18 bits per heavy atom. The first-order chi connectivity index (χ1) is 15.3. The molecule has 4 rings (SSSR count). The van der Waals surface area contributed by atoms with Crippen LogP contribution in [0.2, 0.25) is 0 Å². The minimum absolute atomic E-state index is 0. The van der Waals surface area contributed by atoms with Crippen molar-refractivity contribution < 1.29 is 9.59 Å². The number of amides is 2. The van der Waals surface area contributed by atoms with Gasteiger partial charge in [0, 0.05) is 29.2 Å². The molecule has 2 aliphatic heterocycles. The summed E-state index contributed by atoms with van der Waals surface area (Å²) in [5, 5.41) is 3.01. The summed E-state index contributed by atoms with van der Waals surface area (Å²) in [6, 6.07) is 8.27. The third-order valence-corrected chi connectivity index (χ3v) is 9.14. The molecule has 2 amide bonds. The molecule has 3 aliphatic rings. The predicted molar refractivity (Wildman–Crippen MR) is 138 cm³/mol. The number of halogens is 1. The maximum Gasteiger partial charge on any atom is 0.245 e. The molecular formula is C26H40ClN3O2S. The lowest BCUT2D eigenvalue weighted by Crippen LogP contribution is -2.57. The zero-order valence-corrected chi connectivity index (χ0v) is 21.7. The van der Waals surface area contributed by atoms with Crippen LogP contribution in [0.25, 0.3) is 0 Å². The highest BCUT2D eigenvalue weighted by atomic mass is 35.5. The largest absolute Gasteiger partial charge is 0.343 e. The van der Waals surface area contributed by atoms with E-state index in [9.17, 15) is 9.59 Å². The smallest absolute Gasteiger partial charge is 0.245 e. The van der Waals surface area contributed by atoms with Crippen molar-refractivity contribution in [3.63, 3.8) is 0 Å². The molecule has 1 aromatic rings. The molecule has 33 heavy (non-hydrogen) atoms. The van der Waals surface area contributed by atoms with Crippen LogP contribution in [-0.4, -0.2) is 47.1 Å². The Kier molecular flexibility index (Phi) is 8.79. The summed E-state index contributed by atoms with van der Waals surface area (Å²) in [5.74, 6) is 1.62. The van der Waals surface area contributed by atoms with Crippen LogP contribution >= 0.6 is 24.2 Å². The summed E-state index contributed by atoms with van der Waals surface area (Å²) >= 11 is 1.95. The standard InChI is InChI=1S/C26H39N3O2S.ClH/c1-25(2,27)24(31)28-21(13-12-19-8-4-3-5-9-19)23(30)29-16-14-26(15-17-29)18-32-22-11-7-6-10-20(22)26;/h6-7,10-11,19,21H,3-5,8-9,12-18,27H2,1-2H3,(H,28,31);1H/t21-;/m1./s1. The minimum atomic E-state index is -0.986. The van der Waals surface area contributed by atoms with Crippen molar-refractivity contribution in [3.8, 4) is 0 Å². The first-order valence-corrected chi connectivity index (χ1v) is 13.4. The lowest BCUT2D eigenvalue weighted by atomic mass is 9.74. The Balaban J connectivity index is 0.00000306. The van der Waals surface area contributed by atoms with E-state index in [4.69, 9.17) is 5.73 Å². The first kappa shape index (κ1) is 26.4. The molecule has 1 atom stereocenters. The van der Waals surface area contributed by atoms with Gasteiger partial charge in [0.15, 0.2) is 0 Å². The Morgan fingerprint density at radius 3 is 2.52 bits per heavy atom. The van der Waals surface area contributed by atoms with Crippen LogP contribution in [0, 0.1) is 5.92 Å². The molecule has 0 aromatic heterocycles. The summed E-state index contributed by atoms with van der Waals surface area (Å²) in [6.07, 6.45) is 10.1. The van der Waals surface area contributed by atoms with Crippen molar-refractivity contribution in [2.75, 3.05) is 18.8 Å². The van der Waals surface area contributed by atoms with E-state index in [1.165, 1.54) is 42.6 Å². The molecule has 3 N–H and O–H groups in total. The molecule has 184 valence electrons. The summed E-state index contributed by atoms with van der Waals surface area (Å²) in [4.78, 5) is 29.6. The van der Waals surface area contributed by atoms with Gasteiger partial charge in [0.1, 0.15) is 6.04 Å². The van der Waals surface area contributed by atoms with E-state index in [0.29, 0.717) is 12.3 Å². The first-order valence-electron chi connectivity index (χ1n) is 12.4. The number of carbonyl (C=O) groups excluding carboxylic acids is 2. The van der Waals surface area contributed by atoms with E-state index in [0.717, 1.165) is 38.1 Å². The molecule has 0 bridgehead atoms.